The summed E-state index contributed by atoms with van der Waals surface area (Å²) in [5, 5.41) is 2.95. The highest BCUT2D eigenvalue weighted by atomic mass is 16.5. The molecule has 0 saturated carbocycles. The Morgan fingerprint density at radius 2 is 1.87 bits per heavy atom. The molecule has 0 aliphatic carbocycles. The van der Waals surface area contributed by atoms with E-state index in [-0.39, 0.29) is 11.8 Å². The fourth-order valence-corrected chi connectivity index (χ4v) is 3.62. The molecule has 0 radical (unpaired) electrons. The standard InChI is InChI=1S/C23H24N4O4/c1-30-19-8-3-2-6-17(19)16-25-22(28)18-7-4-10-24-21(18)26-11-13-27(14-12-26)23(29)20-9-5-15-31-20/h2-10,15H,11-14,16H2,1H3,(H,25,28). The van der Waals surface area contributed by atoms with Crippen LogP contribution in [0.15, 0.2) is 65.4 Å². The van der Waals surface area contributed by atoms with Crippen LogP contribution in [0.25, 0.3) is 0 Å². The van der Waals surface area contributed by atoms with Crippen molar-refractivity contribution in [2.24, 2.45) is 0 Å². The van der Waals surface area contributed by atoms with E-state index in [4.69, 9.17) is 9.15 Å². The van der Waals surface area contributed by atoms with Crippen molar-refractivity contribution in [2.45, 2.75) is 6.54 Å². The van der Waals surface area contributed by atoms with Crippen LogP contribution in [0.2, 0.25) is 0 Å². The van der Waals surface area contributed by atoms with Crippen molar-refractivity contribution >= 4 is 17.6 Å². The number of pyridine rings is 1. The molecular weight excluding hydrogens is 396 g/mol. The molecule has 0 spiro atoms. The molecule has 2 aromatic heterocycles. The predicted octanol–water partition coefficient (Wildman–Crippen LogP) is 2.58. The number of hydrogen-bond donors (Lipinski definition) is 1. The van der Waals surface area contributed by atoms with Gasteiger partial charge in [0.1, 0.15) is 11.6 Å². The number of piperazine rings is 1. The topological polar surface area (TPSA) is 87.9 Å². The van der Waals surface area contributed by atoms with E-state index in [9.17, 15) is 9.59 Å². The summed E-state index contributed by atoms with van der Waals surface area (Å²) in [7, 11) is 1.61. The molecule has 31 heavy (non-hydrogen) atoms. The van der Waals surface area contributed by atoms with Gasteiger partial charge in [-0.1, -0.05) is 18.2 Å². The first-order valence-corrected chi connectivity index (χ1v) is 10.1. The largest absolute Gasteiger partial charge is 0.496 e. The minimum absolute atomic E-state index is 0.125. The molecule has 1 saturated heterocycles. The van der Waals surface area contributed by atoms with Crippen LogP contribution in [-0.2, 0) is 6.54 Å². The van der Waals surface area contributed by atoms with Gasteiger partial charge in [-0.3, -0.25) is 9.59 Å². The van der Waals surface area contributed by atoms with Gasteiger partial charge in [0, 0.05) is 44.5 Å². The number of nitrogens with zero attached hydrogens (tertiary/aromatic N) is 3. The molecule has 1 aliphatic heterocycles. The lowest BCUT2D eigenvalue weighted by molar-refractivity contribution is 0.0713. The van der Waals surface area contributed by atoms with Crippen molar-refractivity contribution in [2.75, 3.05) is 38.2 Å². The second kappa shape index (κ2) is 9.34. The molecule has 0 unspecified atom stereocenters. The van der Waals surface area contributed by atoms with Crippen molar-refractivity contribution in [3.05, 3.63) is 77.9 Å². The molecule has 1 fully saturated rings. The monoisotopic (exact) mass is 420 g/mol. The van der Waals surface area contributed by atoms with Crippen LogP contribution < -0.4 is 15.0 Å². The number of carbonyl (C=O) groups excluding carboxylic acids is 2. The third-order valence-corrected chi connectivity index (χ3v) is 5.26. The summed E-state index contributed by atoms with van der Waals surface area (Å²) in [6.45, 7) is 2.56. The summed E-state index contributed by atoms with van der Waals surface area (Å²) < 4.78 is 10.6. The molecule has 0 atom stereocenters. The number of ether oxygens (including phenoxy) is 1. The van der Waals surface area contributed by atoms with E-state index in [1.165, 1.54) is 6.26 Å². The number of aromatic nitrogens is 1. The lowest BCUT2D eigenvalue weighted by Crippen LogP contribution is -2.49. The zero-order valence-corrected chi connectivity index (χ0v) is 17.3. The quantitative estimate of drug-likeness (QED) is 0.660. The number of methoxy groups -OCH3 is 1. The van der Waals surface area contributed by atoms with Gasteiger partial charge in [-0.2, -0.15) is 0 Å². The van der Waals surface area contributed by atoms with Crippen LogP contribution in [0.3, 0.4) is 0 Å². The second-order valence-corrected chi connectivity index (χ2v) is 7.13. The van der Waals surface area contributed by atoms with Gasteiger partial charge >= 0.3 is 0 Å². The third-order valence-electron chi connectivity index (χ3n) is 5.26. The summed E-state index contributed by atoms with van der Waals surface area (Å²) in [5.74, 6) is 1.35. The highest BCUT2D eigenvalue weighted by Crippen LogP contribution is 2.21. The zero-order chi connectivity index (χ0) is 21.6. The van der Waals surface area contributed by atoms with Crippen LogP contribution >= 0.6 is 0 Å². The smallest absolute Gasteiger partial charge is 0.289 e. The first-order valence-electron chi connectivity index (χ1n) is 10.1. The molecule has 160 valence electrons. The Morgan fingerprint density at radius 3 is 2.61 bits per heavy atom. The Kier molecular flexibility index (Phi) is 6.16. The Bertz CT molecular complexity index is 1040. The fraction of sp³-hybridized carbons (Fsp3) is 0.261. The Balaban J connectivity index is 1.41. The maximum atomic E-state index is 12.9. The van der Waals surface area contributed by atoms with Crippen LogP contribution in [0.1, 0.15) is 26.5 Å². The normalized spacial score (nSPS) is 13.7. The molecule has 3 heterocycles. The van der Waals surface area contributed by atoms with Gasteiger partial charge in [0.25, 0.3) is 11.8 Å². The predicted molar refractivity (Wildman–Crippen MR) is 115 cm³/mol. The van der Waals surface area contributed by atoms with Crippen molar-refractivity contribution in [3.8, 4) is 5.75 Å². The molecule has 3 aromatic rings. The second-order valence-electron chi connectivity index (χ2n) is 7.13. The molecular formula is C23H24N4O4. The number of benzene rings is 1. The minimum Gasteiger partial charge on any atom is -0.496 e. The molecule has 4 rings (SSSR count). The SMILES string of the molecule is COc1ccccc1CNC(=O)c1cccnc1N1CCN(C(=O)c2ccco2)CC1. The van der Waals surface area contributed by atoms with Crippen LogP contribution in [0, 0.1) is 0 Å². The van der Waals surface area contributed by atoms with E-state index >= 15 is 0 Å². The van der Waals surface area contributed by atoms with Gasteiger partial charge in [-0.15, -0.1) is 0 Å². The van der Waals surface area contributed by atoms with E-state index < -0.39 is 0 Å². The van der Waals surface area contributed by atoms with Gasteiger partial charge in [-0.25, -0.2) is 4.98 Å². The summed E-state index contributed by atoms with van der Waals surface area (Å²) >= 11 is 0. The lowest BCUT2D eigenvalue weighted by Gasteiger charge is -2.35. The van der Waals surface area contributed by atoms with E-state index in [0.717, 1.165) is 11.3 Å². The molecule has 1 aromatic carbocycles. The van der Waals surface area contributed by atoms with Crippen LogP contribution in [-0.4, -0.2) is 55.0 Å². The van der Waals surface area contributed by atoms with E-state index in [0.29, 0.717) is 49.9 Å². The molecule has 8 heteroatoms. The van der Waals surface area contributed by atoms with E-state index in [2.05, 4.69) is 10.3 Å². The summed E-state index contributed by atoms with van der Waals surface area (Å²) in [5.41, 5.74) is 1.40. The van der Waals surface area contributed by atoms with Gasteiger partial charge < -0.3 is 24.3 Å². The zero-order valence-electron chi connectivity index (χ0n) is 17.3. The fourth-order valence-electron chi connectivity index (χ4n) is 3.62. The number of amides is 2. The minimum atomic E-state index is -0.205. The van der Waals surface area contributed by atoms with Gasteiger partial charge in [0.2, 0.25) is 0 Å². The van der Waals surface area contributed by atoms with Crippen molar-refractivity contribution < 1.29 is 18.7 Å². The molecule has 0 bridgehead atoms. The molecule has 1 aliphatic rings. The van der Waals surface area contributed by atoms with Crippen LogP contribution in [0.4, 0.5) is 5.82 Å². The van der Waals surface area contributed by atoms with Crippen LogP contribution in [0.5, 0.6) is 5.75 Å². The van der Waals surface area contributed by atoms with Crippen molar-refractivity contribution in [1.29, 1.82) is 0 Å². The average molecular weight is 420 g/mol. The number of anilines is 1. The highest BCUT2D eigenvalue weighted by molar-refractivity contribution is 5.99. The average Bonchev–Trinajstić information content (AvgIpc) is 3.37. The summed E-state index contributed by atoms with van der Waals surface area (Å²) in [6, 6.07) is 14.4. The number of furan rings is 1. The highest BCUT2D eigenvalue weighted by Gasteiger charge is 2.26. The van der Waals surface area contributed by atoms with E-state index in [1.807, 2.05) is 29.2 Å². The number of nitrogens with one attached hydrogen (secondary N) is 1. The Hall–Kier alpha value is -3.81. The first kappa shape index (κ1) is 20.5. The number of rotatable bonds is 6. The lowest BCUT2D eigenvalue weighted by atomic mass is 10.1. The summed E-state index contributed by atoms with van der Waals surface area (Å²) in [6.07, 6.45) is 3.17. The third kappa shape index (κ3) is 4.53. The Morgan fingerprint density at radius 1 is 1.06 bits per heavy atom. The first-order chi connectivity index (χ1) is 15.2. The maximum absolute atomic E-state index is 12.9. The molecule has 1 N–H and O–H groups in total. The molecule has 2 amide bonds. The van der Waals surface area contributed by atoms with Crippen molar-refractivity contribution in [1.82, 2.24) is 15.2 Å². The summed E-state index contributed by atoms with van der Waals surface area (Å²) in [4.78, 5) is 33.6. The molecule has 8 nitrogen and oxygen atoms in total. The van der Waals surface area contributed by atoms with Gasteiger partial charge in [0.05, 0.1) is 18.9 Å². The number of carbonyl (C=O) groups is 2. The maximum Gasteiger partial charge on any atom is 0.289 e. The Labute approximate surface area is 180 Å². The van der Waals surface area contributed by atoms with Gasteiger partial charge in [0.15, 0.2) is 5.76 Å². The number of para-hydroxylation sites is 1. The van der Waals surface area contributed by atoms with Gasteiger partial charge in [-0.05, 0) is 30.3 Å². The number of hydrogen-bond acceptors (Lipinski definition) is 6. The van der Waals surface area contributed by atoms with E-state index in [1.54, 1.807) is 42.5 Å². The van der Waals surface area contributed by atoms with Crippen molar-refractivity contribution in [3.63, 3.8) is 0 Å².